The highest BCUT2D eigenvalue weighted by atomic mass is 16.5. The van der Waals surface area contributed by atoms with Gasteiger partial charge < -0.3 is 20.5 Å². The average molecular weight is 280 g/mol. The quantitative estimate of drug-likeness (QED) is 0.797. The number of aliphatic hydroxyl groups is 1. The van der Waals surface area contributed by atoms with Gasteiger partial charge in [-0.3, -0.25) is 4.79 Å². The van der Waals surface area contributed by atoms with Gasteiger partial charge in [-0.1, -0.05) is 19.9 Å². The second kappa shape index (κ2) is 7.14. The lowest BCUT2D eigenvalue weighted by molar-refractivity contribution is -0.116. The first kappa shape index (κ1) is 16.3. The third-order valence-corrected chi connectivity index (χ3v) is 2.95. The maximum atomic E-state index is 11.3. The first-order chi connectivity index (χ1) is 9.36. The van der Waals surface area contributed by atoms with Crippen LogP contribution in [0.4, 0.5) is 5.69 Å². The number of carbonyl (C=O) groups is 1. The van der Waals surface area contributed by atoms with Crippen molar-refractivity contribution in [1.29, 1.82) is 0 Å². The summed E-state index contributed by atoms with van der Waals surface area (Å²) in [6.07, 6.45) is -0.691. The molecule has 1 aromatic carbocycles. The monoisotopic (exact) mass is 280 g/mol. The highest BCUT2D eigenvalue weighted by Gasteiger charge is 2.20. The number of primary amides is 1. The van der Waals surface area contributed by atoms with Gasteiger partial charge in [-0.15, -0.1) is 0 Å². The van der Waals surface area contributed by atoms with Crippen LogP contribution in [0.15, 0.2) is 18.2 Å². The van der Waals surface area contributed by atoms with Crippen molar-refractivity contribution in [2.24, 2.45) is 11.7 Å². The minimum Gasteiger partial charge on any atom is -0.496 e. The van der Waals surface area contributed by atoms with Crippen LogP contribution in [0.25, 0.3) is 0 Å². The van der Waals surface area contributed by atoms with Crippen molar-refractivity contribution >= 4 is 11.6 Å². The normalized spacial score (nSPS) is 12.3. The van der Waals surface area contributed by atoms with E-state index in [2.05, 4.69) is 13.8 Å². The summed E-state index contributed by atoms with van der Waals surface area (Å²) in [7, 11) is 1.56. The molecule has 1 rings (SSSR count). The lowest BCUT2D eigenvalue weighted by Crippen LogP contribution is -2.37. The van der Waals surface area contributed by atoms with Gasteiger partial charge in [0.15, 0.2) is 0 Å². The van der Waals surface area contributed by atoms with Crippen molar-refractivity contribution in [2.45, 2.75) is 26.9 Å². The Bertz CT molecular complexity index is 458. The van der Waals surface area contributed by atoms with E-state index in [-0.39, 0.29) is 6.54 Å². The van der Waals surface area contributed by atoms with Crippen LogP contribution < -0.4 is 15.4 Å². The number of nitrogens with zero attached hydrogens (tertiary/aromatic N) is 1. The highest BCUT2D eigenvalue weighted by Crippen LogP contribution is 2.34. The van der Waals surface area contributed by atoms with Gasteiger partial charge in [0.2, 0.25) is 5.91 Å². The van der Waals surface area contributed by atoms with Crippen LogP contribution in [0, 0.1) is 5.92 Å². The number of nitrogens with two attached hydrogens (primary N) is 1. The number of carbonyl (C=O) groups excluding carboxylic acids is 1. The van der Waals surface area contributed by atoms with Gasteiger partial charge in [0.25, 0.3) is 0 Å². The van der Waals surface area contributed by atoms with Crippen molar-refractivity contribution in [3.8, 4) is 5.75 Å². The van der Waals surface area contributed by atoms with Crippen LogP contribution in [0.5, 0.6) is 5.75 Å². The fourth-order valence-electron chi connectivity index (χ4n) is 2.28. The maximum Gasteiger partial charge on any atom is 0.236 e. The maximum absolute atomic E-state index is 11.3. The van der Waals surface area contributed by atoms with E-state index in [9.17, 15) is 9.90 Å². The van der Waals surface area contributed by atoms with Crippen molar-refractivity contribution < 1.29 is 14.6 Å². The molecule has 0 saturated heterocycles. The standard InChI is InChI=1S/C15H24N2O3/c1-10(2)8-17(9-14(16)19)12-6-5-7-13(20-4)15(12)11(3)18/h5-7,10-11,18H,8-9H2,1-4H3,(H2,16,19). The van der Waals surface area contributed by atoms with Crippen LogP contribution in [0.2, 0.25) is 0 Å². The Labute approximate surface area is 120 Å². The Kier molecular flexibility index (Phi) is 5.82. The number of anilines is 1. The van der Waals surface area contributed by atoms with E-state index in [1.54, 1.807) is 20.1 Å². The number of ether oxygens (including phenoxy) is 1. The molecule has 0 fully saturated rings. The van der Waals surface area contributed by atoms with E-state index in [4.69, 9.17) is 10.5 Å². The van der Waals surface area contributed by atoms with Crippen LogP contribution in [0.1, 0.15) is 32.4 Å². The molecule has 0 heterocycles. The Morgan fingerprint density at radius 3 is 2.50 bits per heavy atom. The number of hydrogen-bond acceptors (Lipinski definition) is 4. The summed E-state index contributed by atoms with van der Waals surface area (Å²) < 4.78 is 5.30. The van der Waals surface area contributed by atoms with Gasteiger partial charge in [0.05, 0.1) is 19.8 Å². The molecule has 0 aliphatic rings. The lowest BCUT2D eigenvalue weighted by Gasteiger charge is -2.29. The van der Waals surface area contributed by atoms with Gasteiger partial charge in [0.1, 0.15) is 5.75 Å². The first-order valence-electron chi connectivity index (χ1n) is 6.75. The fourth-order valence-corrected chi connectivity index (χ4v) is 2.28. The molecule has 0 aromatic heterocycles. The zero-order valence-electron chi connectivity index (χ0n) is 12.6. The minimum atomic E-state index is -0.691. The smallest absolute Gasteiger partial charge is 0.236 e. The van der Waals surface area contributed by atoms with Crippen LogP contribution in [-0.2, 0) is 4.79 Å². The molecule has 0 spiro atoms. The molecule has 112 valence electrons. The Morgan fingerprint density at radius 2 is 2.05 bits per heavy atom. The molecule has 1 atom stereocenters. The number of rotatable bonds is 7. The first-order valence-corrected chi connectivity index (χ1v) is 6.75. The van der Waals surface area contributed by atoms with E-state index < -0.39 is 12.0 Å². The topological polar surface area (TPSA) is 75.8 Å². The number of hydrogen-bond donors (Lipinski definition) is 2. The van der Waals surface area contributed by atoms with Crippen LogP contribution >= 0.6 is 0 Å². The van der Waals surface area contributed by atoms with Crippen molar-refractivity contribution in [2.75, 3.05) is 25.1 Å². The molecule has 5 nitrogen and oxygen atoms in total. The van der Waals surface area contributed by atoms with Crippen LogP contribution in [0.3, 0.4) is 0 Å². The number of amides is 1. The molecule has 0 aliphatic heterocycles. The highest BCUT2D eigenvalue weighted by molar-refractivity contribution is 5.80. The zero-order chi connectivity index (χ0) is 15.3. The molecule has 5 heteroatoms. The zero-order valence-corrected chi connectivity index (χ0v) is 12.6. The second-order valence-electron chi connectivity index (χ2n) is 5.31. The molecule has 0 radical (unpaired) electrons. The molecule has 1 unspecified atom stereocenters. The lowest BCUT2D eigenvalue weighted by atomic mass is 10.0. The largest absolute Gasteiger partial charge is 0.496 e. The third-order valence-electron chi connectivity index (χ3n) is 2.95. The third kappa shape index (κ3) is 4.13. The SMILES string of the molecule is COc1cccc(N(CC(N)=O)CC(C)C)c1C(C)O. The van der Waals surface area contributed by atoms with Crippen LogP contribution in [-0.4, -0.2) is 31.2 Å². The summed E-state index contributed by atoms with van der Waals surface area (Å²) in [5.74, 6) is 0.572. The van der Waals surface area contributed by atoms with Crippen molar-refractivity contribution in [1.82, 2.24) is 0 Å². The number of benzene rings is 1. The summed E-state index contributed by atoms with van der Waals surface area (Å²) >= 11 is 0. The average Bonchev–Trinajstić information content (AvgIpc) is 2.35. The minimum absolute atomic E-state index is 0.116. The molecule has 0 aliphatic carbocycles. The predicted molar refractivity (Wildman–Crippen MR) is 79.9 cm³/mol. The van der Waals surface area contributed by atoms with E-state index in [1.807, 2.05) is 17.0 Å². The number of aliphatic hydroxyl groups excluding tert-OH is 1. The Balaban J connectivity index is 3.27. The molecule has 1 aromatic rings. The predicted octanol–water partition coefficient (Wildman–Crippen LogP) is 1.70. The van der Waals surface area contributed by atoms with Crippen molar-refractivity contribution in [3.63, 3.8) is 0 Å². The molecular formula is C15H24N2O3. The number of methoxy groups -OCH3 is 1. The fraction of sp³-hybridized carbons (Fsp3) is 0.533. The molecule has 0 bridgehead atoms. The second-order valence-corrected chi connectivity index (χ2v) is 5.31. The molecule has 1 amide bonds. The van der Waals surface area contributed by atoms with Crippen molar-refractivity contribution in [3.05, 3.63) is 23.8 Å². The summed E-state index contributed by atoms with van der Waals surface area (Å²) in [6, 6.07) is 5.51. The summed E-state index contributed by atoms with van der Waals surface area (Å²) in [6.45, 7) is 6.60. The van der Waals surface area contributed by atoms with Gasteiger partial charge in [0, 0.05) is 17.8 Å². The molecule has 20 heavy (non-hydrogen) atoms. The van der Waals surface area contributed by atoms with E-state index in [0.29, 0.717) is 23.8 Å². The van der Waals surface area contributed by atoms with Gasteiger partial charge >= 0.3 is 0 Å². The van der Waals surface area contributed by atoms with E-state index in [0.717, 1.165) is 5.69 Å². The van der Waals surface area contributed by atoms with E-state index >= 15 is 0 Å². The summed E-state index contributed by atoms with van der Waals surface area (Å²) in [4.78, 5) is 13.2. The molecular weight excluding hydrogens is 256 g/mol. The Hall–Kier alpha value is -1.75. The van der Waals surface area contributed by atoms with Gasteiger partial charge in [-0.05, 0) is 25.0 Å². The summed E-state index contributed by atoms with van der Waals surface area (Å²) in [5, 5.41) is 10.0. The van der Waals surface area contributed by atoms with Gasteiger partial charge in [-0.2, -0.15) is 0 Å². The van der Waals surface area contributed by atoms with Gasteiger partial charge in [-0.25, -0.2) is 0 Å². The van der Waals surface area contributed by atoms with E-state index in [1.165, 1.54) is 0 Å². The Morgan fingerprint density at radius 1 is 1.40 bits per heavy atom. The summed E-state index contributed by atoms with van der Waals surface area (Å²) in [5.41, 5.74) is 6.79. The molecule has 0 saturated carbocycles. The molecule has 3 N–H and O–H groups in total.